The van der Waals surface area contributed by atoms with E-state index in [1.807, 2.05) is 0 Å². The first kappa shape index (κ1) is 12.0. The molecule has 8 heteroatoms. The van der Waals surface area contributed by atoms with Gasteiger partial charge in [-0.3, -0.25) is 0 Å². The topological polar surface area (TPSA) is 83.0 Å². The molecule has 1 aromatic heterocycles. The van der Waals surface area contributed by atoms with E-state index in [1.165, 1.54) is 12.3 Å². The summed E-state index contributed by atoms with van der Waals surface area (Å²) < 4.78 is 32.3. The maximum absolute atomic E-state index is 13.3. The number of primary amides is 1. The number of amides is 1. The van der Waals surface area contributed by atoms with Crippen LogP contribution in [0.2, 0.25) is 0 Å². The van der Waals surface area contributed by atoms with Gasteiger partial charge in [-0.1, -0.05) is 16.4 Å². The maximum atomic E-state index is 13.3. The first-order chi connectivity index (χ1) is 8.56. The highest BCUT2D eigenvalue weighted by Crippen LogP contribution is 2.14. The second-order valence-corrected chi connectivity index (χ2v) is 3.38. The fourth-order valence-electron chi connectivity index (χ4n) is 1.35. The molecule has 0 aliphatic heterocycles. The van der Waals surface area contributed by atoms with Gasteiger partial charge < -0.3 is 10.5 Å². The Morgan fingerprint density at radius 3 is 2.67 bits per heavy atom. The number of rotatable bonds is 3. The molecule has 0 radical (unpaired) electrons. The Balaban J connectivity index is 2.19. The molecule has 2 rings (SSSR count). The molecule has 2 N–H and O–H groups in total. The lowest BCUT2D eigenvalue weighted by molar-refractivity contribution is 0.209. The summed E-state index contributed by atoms with van der Waals surface area (Å²) in [5, 5.41) is 7.00. The summed E-state index contributed by atoms with van der Waals surface area (Å²) >= 11 is 0. The summed E-state index contributed by atoms with van der Waals surface area (Å²) in [6.45, 7) is -0.173. The van der Waals surface area contributed by atoms with Gasteiger partial charge in [0.1, 0.15) is 11.6 Å². The zero-order chi connectivity index (χ0) is 13.1. The van der Waals surface area contributed by atoms with Gasteiger partial charge in [0.2, 0.25) is 0 Å². The lowest BCUT2D eigenvalue weighted by Gasteiger charge is -2.03. The Morgan fingerprint density at radius 2 is 2.06 bits per heavy atom. The Morgan fingerprint density at radius 1 is 1.39 bits per heavy atom. The largest absolute Gasteiger partial charge is 0.411 e. The van der Waals surface area contributed by atoms with E-state index in [0.29, 0.717) is 0 Å². The van der Waals surface area contributed by atoms with Crippen LogP contribution in [-0.2, 0) is 6.54 Å². The summed E-state index contributed by atoms with van der Waals surface area (Å²) in [4.78, 5) is 10.4. The number of ether oxygens (including phenoxy) is 1. The Hall–Kier alpha value is -2.51. The summed E-state index contributed by atoms with van der Waals surface area (Å²) in [6, 6.07) is 3.53. The molecular weight excluding hydrogens is 246 g/mol. The predicted molar refractivity (Wildman–Crippen MR) is 55.7 cm³/mol. The number of hydrogen-bond acceptors (Lipinski definition) is 4. The molecule has 0 saturated carbocycles. The standard InChI is InChI=1S/C10H8F2N4O2/c11-7-2-1-3-8(12)6(7)4-16-5-9(14-15-16)18-10(13)17/h1-3,5H,4H2,(H2,13,17). The maximum Gasteiger partial charge on any atom is 0.411 e. The van der Waals surface area contributed by atoms with Crippen molar-refractivity contribution in [3.05, 3.63) is 41.6 Å². The van der Waals surface area contributed by atoms with Gasteiger partial charge in [-0.2, -0.15) is 0 Å². The Bertz CT molecular complexity index is 565. The van der Waals surface area contributed by atoms with Crippen LogP contribution in [0.25, 0.3) is 0 Å². The van der Waals surface area contributed by atoms with Gasteiger partial charge in [0, 0.05) is 5.56 Å². The molecule has 0 spiro atoms. The lowest BCUT2D eigenvalue weighted by Crippen LogP contribution is -2.16. The molecule has 18 heavy (non-hydrogen) atoms. The van der Waals surface area contributed by atoms with Crippen molar-refractivity contribution in [3.63, 3.8) is 0 Å². The number of hydrogen-bond donors (Lipinski definition) is 1. The van der Waals surface area contributed by atoms with Gasteiger partial charge in [0.15, 0.2) is 0 Å². The van der Waals surface area contributed by atoms with Gasteiger partial charge in [-0.05, 0) is 12.1 Å². The normalized spacial score (nSPS) is 10.3. The lowest BCUT2D eigenvalue weighted by atomic mass is 10.2. The van der Waals surface area contributed by atoms with Crippen LogP contribution in [0.3, 0.4) is 0 Å². The summed E-state index contributed by atoms with van der Waals surface area (Å²) in [5.74, 6) is -1.52. The number of aromatic nitrogens is 3. The van der Waals surface area contributed by atoms with Crippen LogP contribution in [0, 0.1) is 11.6 Å². The van der Waals surface area contributed by atoms with Crippen LogP contribution < -0.4 is 10.5 Å². The van der Waals surface area contributed by atoms with E-state index in [-0.39, 0.29) is 18.0 Å². The van der Waals surface area contributed by atoms with Gasteiger partial charge in [0.25, 0.3) is 5.88 Å². The van der Waals surface area contributed by atoms with Gasteiger partial charge in [-0.15, -0.1) is 0 Å². The summed E-state index contributed by atoms with van der Waals surface area (Å²) in [7, 11) is 0. The van der Waals surface area contributed by atoms with Gasteiger partial charge in [-0.25, -0.2) is 18.3 Å². The molecule has 0 atom stereocenters. The SMILES string of the molecule is NC(=O)Oc1cn(Cc2c(F)cccc2F)nn1. The second kappa shape index (κ2) is 4.78. The molecule has 0 bridgehead atoms. The minimum Gasteiger partial charge on any atom is -0.388 e. The number of nitrogens with two attached hydrogens (primary N) is 1. The van der Waals surface area contributed by atoms with Crippen LogP contribution in [-0.4, -0.2) is 21.1 Å². The Labute approximate surface area is 100.0 Å². The van der Waals surface area contributed by atoms with Crippen LogP contribution in [0.5, 0.6) is 5.88 Å². The molecule has 2 aromatic rings. The molecular formula is C10H8F2N4O2. The van der Waals surface area contributed by atoms with Gasteiger partial charge in [0.05, 0.1) is 12.7 Å². The van der Waals surface area contributed by atoms with Crippen LogP contribution in [0.1, 0.15) is 5.56 Å². The van der Waals surface area contributed by atoms with E-state index in [4.69, 9.17) is 5.73 Å². The fourth-order valence-corrected chi connectivity index (χ4v) is 1.35. The van der Waals surface area contributed by atoms with E-state index in [9.17, 15) is 13.6 Å². The fraction of sp³-hybridized carbons (Fsp3) is 0.100. The molecule has 0 aliphatic rings. The molecule has 1 aromatic carbocycles. The smallest absolute Gasteiger partial charge is 0.388 e. The molecule has 0 aliphatic carbocycles. The minimum absolute atomic E-state index is 0.140. The van der Waals surface area contributed by atoms with Crippen molar-refractivity contribution in [2.24, 2.45) is 5.73 Å². The predicted octanol–water partition coefficient (Wildman–Crippen LogP) is 1.06. The van der Waals surface area contributed by atoms with Crippen molar-refractivity contribution in [1.82, 2.24) is 15.0 Å². The third-order valence-corrected chi connectivity index (χ3v) is 2.10. The highest BCUT2D eigenvalue weighted by Gasteiger charge is 2.11. The van der Waals surface area contributed by atoms with E-state index >= 15 is 0 Å². The molecule has 94 valence electrons. The molecule has 0 fully saturated rings. The number of carbonyl (C=O) groups is 1. The number of benzene rings is 1. The number of carbonyl (C=O) groups excluding carboxylic acids is 1. The molecule has 6 nitrogen and oxygen atoms in total. The molecule has 1 heterocycles. The van der Waals surface area contributed by atoms with Crippen molar-refractivity contribution >= 4 is 6.09 Å². The number of nitrogens with zero attached hydrogens (tertiary/aromatic N) is 3. The Kier molecular flexibility index (Phi) is 3.18. The molecule has 0 saturated heterocycles. The molecule has 0 unspecified atom stereocenters. The van der Waals surface area contributed by atoms with E-state index in [1.54, 1.807) is 0 Å². The van der Waals surface area contributed by atoms with Crippen LogP contribution >= 0.6 is 0 Å². The van der Waals surface area contributed by atoms with Crippen LogP contribution in [0.4, 0.5) is 13.6 Å². The highest BCUT2D eigenvalue weighted by atomic mass is 19.1. The van der Waals surface area contributed by atoms with E-state index in [2.05, 4.69) is 15.0 Å². The zero-order valence-corrected chi connectivity index (χ0v) is 9.01. The van der Waals surface area contributed by atoms with Crippen molar-refractivity contribution in [2.75, 3.05) is 0 Å². The van der Waals surface area contributed by atoms with E-state index < -0.39 is 17.7 Å². The quantitative estimate of drug-likeness (QED) is 0.887. The first-order valence-corrected chi connectivity index (χ1v) is 4.86. The summed E-state index contributed by atoms with van der Waals surface area (Å²) in [6.07, 6.45) is 0.163. The third kappa shape index (κ3) is 2.59. The molecule has 1 amide bonds. The summed E-state index contributed by atoms with van der Waals surface area (Å²) in [5.41, 5.74) is 4.62. The number of halogens is 2. The van der Waals surface area contributed by atoms with Crippen molar-refractivity contribution < 1.29 is 18.3 Å². The van der Waals surface area contributed by atoms with E-state index in [0.717, 1.165) is 16.8 Å². The van der Waals surface area contributed by atoms with Crippen LogP contribution in [0.15, 0.2) is 24.4 Å². The minimum atomic E-state index is -1.04. The van der Waals surface area contributed by atoms with Crippen molar-refractivity contribution in [1.29, 1.82) is 0 Å². The highest BCUT2D eigenvalue weighted by molar-refractivity contribution is 5.67. The monoisotopic (exact) mass is 254 g/mol. The van der Waals surface area contributed by atoms with Crippen molar-refractivity contribution in [2.45, 2.75) is 6.54 Å². The van der Waals surface area contributed by atoms with Crippen molar-refractivity contribution in [3.8, 4) is 5.88 Å². The first-order valence-electron chi connectivity index (χ1n) is 4.86. The second-order valence-electron chi connectivity index (χ2n) is 3.38. The average Bonchev–Trinajstić information content (AvgIpc) is 2.70. The zero-order valence-electron chi connectivity index (χ0n) is 9.01. The average molecular weight is 254 g/mol. The third-order valence-electron chi connectivity index (χ3n) is 2.10. The van der Waals surface area contributed by atoms with Gasteiger partial charge >= 0.3 is 6.09 Å².